The molecule has 1 aromatic rings. The molecule has 0 bridgehead atoms. The van der Waals surface area contributed by atoms with Crippen LogP contribution in [-0.4, -0.2) is 56.6 Å². The Labute approximate surface area is 133 Å². The van der Waals surface area contributed by atoms with Crippen LogP contribution in [0.5, 0.6) is 0 Å². The smallest absolute Gasteiger partial charge is 0.137 e. The first-order valence-corrected chi connectivity index (χ1v) is 8.46. The average Bonchev–Trinajstić information content (AvgIpc) is 2.61. The summed E-state index contributed by atoms with van der Waals surface area (Å²) in [4.78, 5) is 17.1. The van der Waals surface area contributed by atoms with Crippen molar-refractivity contribution >= 4 is 11.5 Å². The number of morpholine rings is 1. The molecule has 2 fully saturated rings. The Morgan fingerprint density at radius 1 is 1.05 bits per heavy atom. The molecule has 0 N–H and O–H groups in total. The van der Waals surface area contributed by atoms with Crippen molar-refractivity contribution in [3.05, 3.63) is 30.3 Å². The summed E-state index contributed by atoms with van der Waals surface area (Å²) in [6.07, 6.45) is 2.70. The first-order valence-electron chi connectivity index (χ1n) is 8.46. The maximum atomic E-state index is 12.4. The number of anilines is 1. The maximum Gasteiger partial charge on any atom is 0.137 e. The molecule has 0 spiro atoms. The lowest BCUT2D eigenvalue weighted by Crippen LogP contribution is -2.39. The molecule has 120 valence electrons. The Kier molecular flexibility index (Phi) is 5.46. The zero-order valence-electron chi connectivity index (χ0n) is 13.2. The van der Waals surface area contributed by atoms with E-state index in [2.05, 4.69) is 34.1 Å². The highest BCUT2D eigenvalue weighted by Gasteiger charge is 2.25. The molecular formula is C18H26N2O2. The van der Waals surface area contributed by atoms with Gasteiger partial charge in [0, 0.05) is 50.7 Å². The minimum Gasteiger partial charge on any atom is -0.379 e. The van der Waals surface area contributed by atoms with E-state index in [4.69, 9.17) is 4.74 Å². The molecule has 0 aromatic heterocycles. The minimum absolute atomic E-state index is 0.265. The van der Waals surface area contributed by atoms with Crippen LogP contribution in [0.15, 0.2) is 30.3 Å². The quantitative estimate of drug-likeness (QED) is 0.835. The minimum atomic E-state index is 0.265. The van der Waals surface area contributed by atoms with Crippen LogP contribution in [0.4, 0.5) is 5.69 Å². The lowest BCUT2D eigenvalue weighted by molar-refractivity contribution is -0.124. The highest BCUT2D eigenvalue weighted by molar-refractivity contribution is 5.81. The van der Waals surface area contributed by atoms with Gasteiger partial charge in [0.1, 0.15) is 5.78 Å². The number of ketones is 1. The second-order valence-corrected chi connectivity index (χ2v) is 6.27. The lowest BCUT2D eigenvalue weighted by atomic mass is 9.90. The number of hydrogen-bond donors (Lipinski definition) is 0. The number of rotatable bonds is 5. The second-order valence-electron chi connectivity index (χ2n) is 6.27. The zero-order chi connectivity index (χ0) is 15.2. The van der Waals surface area contributed by atoms with Gasteiger partial charge in [-0.1, -0.05) is 18.2 Å². The van der Waals surface area contributed by atoms with Crippen LogP contribution >= 0.6 is 0 Å². The summed E-state index contributed by atoms with van der Waals surface area (Å²) in [7, 11) is 0. The van der Waals surface area contributed by atoms with Gasteiger partial charge in [-0.15, -0.1) is 0 Å². The van der Waals surface area contributed by atoms with Crippen LogP contribution in [0.1, 0.15) is 19.3 Å². The van der Waals surface area contributed by atoms with Gasteiger partial charge in [-0.05, 0) is 25.0 Å². The zero-order valence-corrected chi connectivity index (χ0v) is 13.2. The van der Waals surface area contributed by atoms with E-state index in [1.807, 2.05) is 6.07 Å². The van der Waals surface area contributed by atoms with Crippen molar-refractivity contribution in [2.24, 2.45) is 5.92 Å². The van der Waals surface area contributed by atoms with Crippen molar-refractivity contribution in [3.8, 4) is 0 Å². The second kappa shape index (κ2) is 7.75. The molecule has 22 heavy (non-hydrogen) atoms. The van der Waals surface area contributed by atoms with Crippen LogP contribution in [0, 0.1) is 5.92 Å². The molecule has 0 aliphatic carbocycles. The Bertz CT molecular complexity index is 463. The van der Waals surface area contributed by atoms with Crippen LogP contribution < -0.4 is 4.90 Å². The van der Waals surface area contributed by atoms with E-state index >= 15 is 0 Å². The molecule has 4 nitrogen and oxygen atoms in total. The summed E-state index contributed by atoms with van der Waals surface area (Å²) < 4.78 is 5.34. The van der Waals surface area contributed by atoms with Gasteiger partial charge in [0.25, 0.3) is 0 Å². The van der Waals surface area contributed by atoms with Gasteiger partial charge in [0.05, 0.1) is 13.2 Å². The van der Waals surface area contributed by atoms with Crippen molar-refractivity contribution in [2.45, 2.75) is 19.3 Å². The first-order chi connectivity index (χ1) is 10.8. The van der Waals surface area contributed by atoms with E-state index in [0.29, 0.717) is 12.2 Å². The number of carbonyl (C=O) groups excluding carboxylic acids is 1. The number of piperidine rings is 1. The van der Waals surface area contributed by atoms with Crippen molar-refractivity contribution in [3.63, 3.8) is 0 Å². The molecule has 2 saturated heterocycles. The van der Waals surface area contributed by atoms with Crippen LogP contribution in [0.25, 0.3) is 0 Å². The van der Waals surface area contributed by atoms with Gasteiger partial charge in [-0.25, -0.2) is 0 Å². The Hall–Kier alpha value is -1.39. The summed E-state index contributed by atoms with van der Waals surface area (Å²) >= 11 is 0. The molecular weight excluding hydrogens is 276 g/mol. The number of nitrogens with zero attached hydrogens (tertiary/aromatic N) is 2. The van der Waals surface area contributed by atoms with Gasteiger partial charge in [-0.3, -0.25) is 9.69 Å². The predicted octanol–water partition coefficient (Wildman–Crippen LogP) is 2.19. The molecule has 0 amide bonds. The molecule has 2 aliphatic rings. The maximum absolute atomic E-state index is 12.4. The summed E-state index contributed by atoms with van der Waals surface area (Å²) in [6.45, 7) is 6.46. The van der Waals surface area contributed by atoms with Gasteiger partial charge < -0.3 is 9.64 Å². The highest BCUT2D eigenvalue weighted by atomic mass is 16.5. The van der Waals surface area contributed by atoms with Crippen LogP contribution in [0.2, 0.25) is 0 Å². The number of benzene rings is 1. The highest BCUT2D eigenvalue weighted by Crippen LogP contribution is 2.24. The number of Topliss-reactive ketones (excluding diaryl/α,β-unsaturated/α-hetero) is 1. The monoisotopic (exact) mass is 302 g/mol. The summed E-state index contributed by atoms with van der Waals surface area (Å²) in [5.41, 5.74) is 1.28. The SMILES string of the molecule is O=C(CCN1CCOCC1)C1CCN(c2ccccc2)CC1. The topological polar surface area (TPSA) is 32.8 Å². The van der Waals surface area contributed by atoms with E-state index in [9.17, 15) is 4.79 Å². The summed E-state index contributed by atoms with van der Waals surface area (Å²) in [5, 5.41) is 0. The van der Waals surface area contributed by atoms with E-state index in [1.165, 1.54) is 5.69 Å². The fraction of sp³-hybridized carbons (Fsp3) is 0.611. The Morgan fingerprint density at radius 3 is 2.41 bits per heavy atom. The summed E-state index contributed by atoms with van der Waals surface area (Å²) in [6, 6.07) is 10.5. The number of para-hydroxylation sites is 1. The third-order valence-electron chi connectivity index (χ3n) is 4.85. The summed E-state index contributed by atoms with van der Waals surface area (Å²) in [5.74, 6) is 0.722. The third kappa shape index (κ3) is 4.08. The molecule has 0 atom stereocenters. The van der Waals surface area contributed by atoms with Crippen molar-refractivity contribution in [2.75, 3.05) is 50.8 Å². The number of carbonyl (C=O) groups is 1. The van der Waals surface area contributed by atoms with E-state index < -0.39 is 0 Å². The first kappa shape index (κ1) is 15.5. The predicted molar refractivity (Wildman–Crippen MR) is 88.3 cm³/mol. The molecule has 0 saturated carbocycles. The Balaban J connectivity index is 1.41. The van der Waals surface area contributed by atoms with Crippen molar-refractivity contribution in [1.29, 1.82) is 0 Å². The van der Waals surface area contributed by atoms with Crippen molar-refractivity contribution in [1.82, 2.24) is 4.90 Å². The largest absolute Gasteiger partial charge is 0.379 e. The molecule has 2 aliphatic heterocycles. The average molecular weight is 302 g/mol. The van der Waals surface area contributed by atoms with Gasteiger partial charge in [0.15, 0.2) is 0 Å². The van der Waals surface area contributed by atoms with Gasteiger partial charge in [-0.2, -0.15) is 0 Å². The van der Waals surface area contributed by atoms with Crippen LogP contribution in [0.3, 0.4) is 0 Å². The number of hydrogen-bond acceptors (Lipinski definition) is 4. The molecule has 0 radical (unpaired) electrons. The van der Waals surface area contributed by atoms with Crippen molar-refractivity contribution < 1.29 is 9.53 Å². The fourth-order valence-electron chi connectivity index (χ4n) is 3.40. The molecule has 0 unspecified atom stereocenters. The normalized spacial score (nSPS) is 21.0. The fourth-order valence-corrected chi connectivity index (χ4v) is 3.40. The molecule has 4 heteroatoms. The third-order valence-corrected chi connectivity index (χ3v) is 4.85. The molecule has 3 rings (SSSR count). The Morgan fingerprint density at radius 2 is 1.73 bits per heavy atom. The molecule has 1 aromatic carbocycles. The van der Waals surface area contributed by atoms with Gasteiger partial charge >= 0.3 is 0 Å². The molecule has 2 heterocycles. The van der Waals surface area contributed by atoms with E-state index in [-0.39, 0.29) is 5.92 Å². The van der Waals surface area contributed by atoms with E-state index in [0.717, 1.165) is 58.8 Å². The lowest BCUT2D eigenvalue weighted by Gasteiger charge is -2.33. The number of ether oxygens (including phenoxy) is 1. The van der Waals surface area contributed by atoms with E-state index in [1.54, 1.807) is 0 Å². The standard InChI is InChI=1S/C18H26N2O2/c21-18(8-9-19-12-14-22-15-13-19)16-6-10-20(11-7-16)17-4-2-1-3-5-17/h1-5,16H,6-15H2. The van der Waals surface area contributed by atoms with Gasteiger partial charge in [0.2, 0.25) is 0 Å². The van der Waals surface area contributed by atoms with Crippen LogP contribution in [-0.2, 0) is 9.53 Å².